The van der Waals surface area contributed by atoms with Gasteiger partial charge in [0.05, 0.1) is 16.6 Å². The van der Waals surface area contributed by atoms with Crippen molar-refractivity contribution < 1.29 is 32.6 Å². The van der Waals surface area contributed by atoms with Crippen LogP contribution in [0.25, 0.3) is 6.08 Å². The van der Waals surface area contributed by atoms with Gasteiger partial charge in [0.1, 0.15) is 16.4 Å². The molecule has 4 nitrogen and oxygen atoms in total. The van der Waals surface area contributed by atoms with Crippen LogP contribution < -0.4 is 9.84 Å². The van der Waals surface area contributed by atoms with Crippen molar-refractivity contribution in [2.24, 2.45) is 0 Å². The third-order valence-electron chi connectivity index (χ3n) is 3.84. The van der Waals surface area contributed by atoms with Crippen LogP contribution in [0.2, 0.25) is 10.0 Å². The number of rotatable bonds is 6. The van der Waals surface area contributed by atoms with Gasteiger partial charge in [0.2, 0.25) is 0 Å². The fraction of sp³-hybridized carbons (Fsp3) is 0.200. The van der Waals surface area contributed by atoms with Gasteiger partial charge in [0.15, 0.2) is 5.78 Å². The molecule has 2 rings (SSSR count). The van der Waals surface area contributed by atoms with E-state index in [9.17, 15) is 27.9 Å². The molecule has 0 saturated heterocycles. The molecule has 0 aliphatic heterocycles. The fourth-order valence-electron chi connectivity index (χ4n) is 2.16. The van der Waals surface area contributed by atoms with Crippen LogP contribution >= 0.6 is 23.2 Å². The molecule has 0 fully saturated rings. The number of carbonyl (C=O) groups is 2. The standard InChI is InChI=1S/C20H15Cl2F3O4/c1-19(2,18(27)28)29-15-10-6-12(16(21)17(15)22)5-9-14(26)11-3-7-13(8-4-11)20(23,24)25/h3-10H,1-2H3,(H,27,28)/p-1. The second-order valence-corrected chi connectivity index (χ2v) is 7.21. The van der Waals surface area contributed by atoms with Crippen molar-refractivity contribution in [3.63, 3.8) is 0 Å². The molecule has 0 bridgehead atoms. The maximum Gasteiger partial charge on any atom is 0.416 e. The van der Waals surface area contributed by atoms with Gasteiger partial charge in [0, 0.05) is 5.56 Å². The molecule has 0 unspecified atom stereocenters. The van der Waals surface area contributed by atoms with Crippen LogP contribution in [-0.2, 0) is 11.0 Å². The first-order valence-corrected chi connectivity index (χ1v) is 8.86. The van der Waals surface area contributed by atoms with Crippen LogP contribution in [0.4, 0.5) is 13.2 Å². The zero-order valence-corrected chi connectivity index (χ0v) is 16.7. The van der Waals surface area contributed by atoms with E-state index in [1.807, 2.05) is 0 Å². The van der Waals surface area contributed by atoms with Gasteiger partial charge >= 0.3 is 6.18 Å². The first-order valence-electron chi connectivity index (χ1n) is 8.11. The van der Waals surface area contributed by atoms with Gasteiger partial charge in [-0.05, 0) is 55.8 Å². The lowest BCUT2D eigenvalue weighted by molar-refractivity contribution is -0.320. The number of ether oxygens (including phenoxy) is 1. The van der Waals surface area contributed by atoms with E-state index in [4.69, 9.17) is 27.9 Å². The number of carboxylic acid groups (broad SMARTS) is 1. The summed E-state index contributed by atoms with van der Waals surface area (Å²) in [7, 11) is 0. The van der Waals surface area contributed by atoms with Crippen LogP contribution in [0.3, 0.4) is 0 Å². The molecule has 0 aliphatic carbocycles. The van der Waals surface area contributed by atoms with Gasteiger partial charge in [-0.2, -0.15) is 13.2 Å². The molecular formula is C20H14Cl2F3O4-. The number of allylic oxidation sites excluding steroid dienone is 1. The van der Waals surface area contributed by atoms with Crippen molar-refractivity contribution in [2.45, 2.75) is 25.6 Å². The van der Waals surface area contributed by atoms with Crippen LogP contribution in [-0.4, -0.2) is 17.4 Å². The number of carbonyl (C=O) groups excluding carboxylic acids is 2. The van der Waals surface area contributed by atoms with E-state index in [-0.39, 0.29) is 21.4 Å². The van der Waals surface area contributed by atoms with Crippen LogP contribution in [0, 0.1) is 0 Å². The summed E-state index contributed by atoms with van der Waals surface area (Å²) in [6.07, 6.45) is -2.02. The molecule has 0 aliphatic rings. The minimum absolute atomic E-state index is 0.00906. The maximum atomic E-state index is 12.6. The monoisotopic (exact) mass is 445 g/mol. The number of hydrogen-bond acceptors (Lipinski definition) is 4. The van der Waals surface area contributed by atoms with E-state index in [1.54, 1.807) is 0 Å². The molecule has 0 amide bonds. The zero-order chi connectivity index (χ0) is 22.0. The van der Waals surface area contributed by atoms with Crippen molar-refractivity contribution in [1.29, 1.82) is 0 Å². The Balaban J connectivity index is 2.21. The highest BCUT2D eigenvalue weighted by Gasteiger charge is 2.30. The van der Waals surface area contributed by atoms with Gasteiger partial charge in [-0.15, -0.1) is 0 Å². The minimum atomic E-state index is -4.49. The molecule has 0 aromatic heterocycles. The molecule has 0 N–H and O–H groups in total. The lowest BCUT2D eigenvalue weighted by atomic mass is 10.1. The smallest absolute Gasteiger partial charge is 0.416 e. The molecule has 0 spiro atoms. The average molecular weight is 446 g/mol. The van der Waals surface area contributed by atoms with Gasteiger partial charge in [0.25, 0.3) is 0 Å². The Hall–Kier alpha value is -2.51. The molecule has 2 aromatic rings. The molecule has 0 saturated carbocycles. The average Bonchev–Trinajstić information content (AvgIpc) is 2.64. The van der Waals surface area contributed by atoms with Gasteiger partial charge < -0.3 is 14.6 Å². The van der Waals surface area contributed by atoms with Crippen LogP contribution in [0.15, 0.2) is 42.5 Å². The highest BCUT2D eigenvalue weighted by Crippen LogP contribution is 2.37. The summed E-state index contributed by atoms with van der Waals surface area (Å²) in [5.41, 5.74) is -2.12. The first-order chi connectivity index (χ1) is 13.3. The second-order valence-electron chi connectivity index (χ2n) is 6.45. The third-order valence-corrected chi connectivity index (χ3v) is 4.72. The summed E-state index contributed by atoms with van der Waals surface area (Å²) in [5, 5.41) is 11.0. The number of carboxylic acids is 1. The number of benzene rings is 2. The third kappa shape index (κ3) is 5.52. The first kappa shape index (κ1) is 22.8. The predicted molar refractivity (Wildman–Crippen MR) is 101 cm³/mol. The highest BCUT2D eigenvalue weighted by molar-refractivity contribution is 6.43. The summed E-state index contributed by atoms with van der Waals surface area (Å²) in [4.78, 5) is 23.2. The van der Waals surface area contributed by atoms with E-state index >= 15 is 0 Å². The Morgan fingerprint density at radius 1 is 1.00 bits per heavy atom. The van der Waals surface area contributed by atoms with Crippen molar-refractivity contribution >= 4 is 41.0 Å². The normalized spacial score (nSPS) is 12.2. The number of ketones is 1. The lowest BCUT2D eigenvalue weighted by Gasteiger charge is -2.28. The summed E-state index contributed by atoms with van der Waals surface area (Å²) in [5.74, 6) is -1.97. The summed E-state index contributed by atoms with van der Waals surface area (Å²) >= 11 is 12.3. The SMILES string of the molecule is CC(C)(Oc1ccc(C=CC(=O)c2ccc(C(F)(F)F)cc2)c(Cl)c1Cl)C(=O)[O-]. The van der Waals surface area contributed by atoms with E-state index in [0.29, 0.717) is 5.56 Å². The summed E-state index contributed by atoms with van der Waals surface area (Å²) in [6, 6.07) is 6.60. The van der Waals surface area contributed by atoms with Crippen LogP contribution in [0.1, 0.15) is 35.3 Å². The zero-order valence-electron chi connectivity index (χ0n) is 15.1. The van der Waals surface area contributed by atoms with Crippen molar-refractivity contribution in [2.75, 3.05) is 0 Å². The highest BCUT2D eigenvalue weighted by atomic mass is 35.5. The molecule has 29 heavy (non-hydrogen) atoms. The molecule has 9 heteroatoms. The Morgan fingerprint density at radius 2 is 1.59 bits per heavy atom. The number of aliphatic carboxylic acids is 1. The van der Waals surface area contributed by atoms with Gasteiger partial charge in [-0.3, -0.25) is 4.79 Å². The van der Waals surface area contributed by atoms with Gasteiger partial charge in [-0.1, -0.05) is 35.3 Å². The van der Waals surface area contributed by atoms with Crippen molar-refractivity contribution in [1.82, 2.24) is 0 Å². The molecule has 0 radical (unpaired) electrons. The molecular weight excluding hydrogens is 432 g/mol. The lowest BCUT2D eigenvalue weighted by Crippen LogP contribution is -2.48. The Bertz CT molecular complexity index is 965. The predicted octanol–water partition coefficient (Wildman–Crippen LogP) is 4.82. The molecule has 2 aromatic carbocycles. The Labute approximate surface area is 174 Å². The summed E-state index contributed by atoms with van der Waals surface area (Å²) < 4.78 is 43.0. The molecule has 0 heterocycles. The maximum absolute atomic E-state index is 12.6. The minimum Gasteiger partial charge on any atom is -0.546 e. The van der Waals surface area contributed by atoms with E-state index < -0.39 is 29.1 Å². The van der Waals surface area contributed by atoms with Gasteiger partial charge in [-0.25, -0.2) is 0 Å². The molecule has 154 valence electrons. The van der Waals surface area contributed by atoms with Crippen molar-refractivity contribution in [3.05, 3.63) is 69.2 Å². The quantitative estimate of drug-likeness (QED) is 0.472. The van der Waals surface area contributed by atoms with E-state index in [1.165, 1.54) is 32.1 Å². The topological polar surface area (TPSA) is 66.4 Å². The van der Waals surface area contributed by atoms with E-state index in [2.05, 4.69) is 0 Å². The largest absolute Gasteiger partial charge is 0.546 e. The van der Waals surface area contributed by atoms with E-state index in [0.717, 1.165) is 30.3 Å². The number of halogens is 5. The Kier molecular flexibility index (Phi) is 6.65. The second kappa shape index (κ2) is 8.47. The summed E-state index contributed by atoms with van der Waals surface area (Å²) in [6.45, 7) is 2.56. The number of hydrogen-bond donors (Lipinski definition) is 0. The van der Waals surface area contributed by atoms with Crippen molar-refractivity contribution in [3.8, 4) is 5.75 Å². The molecule has 0 atom stereocenters. The fourth-order valence-corrected chi connectivity index (χ4v) is 2.59. The van der Waals surface area contributed by atoms with Crippen LogP contribution in [0.5, 0.6) is 5.75 Å². The Morgan fingerprint density at radius 3 is 2.10 bits per heavy atom. The number of alkyl halides is 3.